The Morgan fingerprint density at radius 3 is 1.21 bits per heavy atom. The molecule has 14 aromatic rings. The fraction of sp³-hybridized carbons (Fsp3) is 0.0132. The summed E-state index contributed by atoms with van der Waals surface area (Å²) in [7, 11) is 0. The molecule has 0 atom stereocenters. The summed E-state index contributed by atoms with van der Waals surface area (Å²) in [6.07, 6.45) is 5.59. The SMILES string of the molecule is Cc1ccc2c(c1)oc1c(-c3ccc(-c4ccccc4-c4cc(-c5ccccc5-c5ccc(-c6ccccn6)cc5)cc(-c5ccccc5-c5ccc(-c6ccccn6)cc5)c4)c(-c4ccc(-c5ccccc5)cc4)c3)nccc12. The van der Waals surface area contributed by atoms with Gasteiger partial charge in [-0.2, -0.15) is 0 Å². The number of hydrogen-bond acceptors (Lipinski definition) is 4. The van der Waals surface area contributed by atoms with Gasteiger partial charge in [0.2, 0.25) is 0 Å². The highest BCUT2D eigenvalue weighted by Crippen LogP contribution is 2.46. The number of aryl methyl sites for hydroxylation is 1. The van der Waals surface area contributed by atoms with Crippen molar-refractivity contribution in [1.82, 2.24) is 15.0 Å². The van der Waals surface area contributed by atoms with Crippen molar-refractivity contribution >= 4 is 21.9 Å². The van der Waals surface area contributed by atoms with Crippen molar-refractivity contribution in [3.63, 3.8) is 0 Å². The molecule has 0 aliphatic rings. The highest BCUT2D eigenvalue weighted by Gasteiger charge is 2.21. The van der Waals surface area contributed by atoms with Crippen LogP contribution in [0.2, 0.25) is 0 Å². The van der Waals surface area contributed by atoms with Gasteiger partial charge >= 0.3 is 0 Å². The summed E-state index contributed by atoms with van der Waals surface area (Å²) in [5.74, 6) is 0. The normalized spacial score (nSPS) is 11.3. The predicted octanol–water partition coefficient (Wildman–Crippen LogP) is 20.4. The largest absolute Gasteiger partial charge is 0.454 e. The molecule has 0 amide bonds. The number of benzene rings is 10. The van der Waals surface area contributed by atoms with Crippen molar-refractivity contribution < 1.29 is 4.42 Å². The van der Waals surface area contributed by atoms with E-state index in [1.165, 1.54) is 5.56 Å². The third-order valence-electron chi connectivity index (χ3n) is 15.4. The highest BCUT2D eigenvalue weighted by atomic mass is 16.3. The lowest BCUT2D eigenvalue weighted by Crippen LogP contribution is -1.94. The van der Waals surface area contributed by atoms with Gasteiger partial charge in [0.25, 0.3) is 0 Å². The number of nitrogens with zero attached hydrogens (tertiary/aromatic N) is 3. The van der Waals surface area contributed by atoms with E-state index in [0.29, 0.717) is 0 Å². The smallest absolute Gasteiger partial charge is 0.161 e. The molecular weight excluding hydrogens is 971 g/mol. The van der Waals surface area contributed by atoms with E-state index in [0.717, 1.165) is 145 Å². The summed E-state index contributed by atoms with van der Waals surface area (Å²) in [5, 5.41) is 2.13. The highest BCUT2D eigenvalue weighted by molar-refractivity contribution is 6.09. The van der Waals surface area contributed by atoms with Crippen LogP contribution in [0.3, 0.4) is 0 Å². The van der Waals surface area contributed by atoms with E-state index in [1.54, 1.807) is 0 Å². The van der Waals surface area contributed by atoms with E-state index in [2.05, 4.69) is 266 Å². The summed E-state index contributed by atoms with van der Waals surface area (Å²) >= 11 is 0. The molecule has 4 nitrogen and oxygen atoms in total. The zero-order chi connectivity index (χ0) is 53.4. The molecule has 0 saturated carbocycles. The van der Waals surface area contributed by atoms with Crippen molar-refractivity contribution in [3.8, 4) is 123 Å². The number of furan rings is 1. The summed E-state index contributed by atoms with van der Waals surface area (Å²) in [6, 6.07) is 98.0. The third kappa shape index (κ3) is 9.15. The number of pyridine rings is 3. The van der Waals surface area contributed by atoms with Crippen LogP contribution in [0.15, 0.2) is 296 Å². The van der Waals surface area contributed by atoms with Crippen molar-refractivity contribution in [3.05, 3.63) is 297 Å². The lowest BCUT2D eigenvalue weighted by atomic mass is 9.84. The Morgan fingerprint density at radius 2 is 0.675 bits per heavy atom. The molecule has 10 aromatic carbocycles. The number of aromatic nitrogens is 3. The Hall–Kier alpha value is -10.6. The molecule has 0 radical (unpaired) electrons. The van der Waals surface area contributed by atoms with E-state index < -0.39 is 0 Å². The van der Waals surface area contributed by atoms with Gasteiger partial charge < -0.3 is 4.42 Å². The Kier molecular flexibility index (Phi) is 12.4. The topological polar surface area (TPSA) is 51.8 Å². The second kappa shape index (κ2) is 20.8. The van der Waals surface area contributed by atoms with E-state index >= 15 is 0 Å². The summed E-state index contributed by atoms with van der Waals surface area (Å²) in [6.45, 7) is 2.10. The minimum atomic E-state index is 0.782. The van der Waals surface area contributed by atoms with Crippen LogP contribution in [0.1, 0.15) is 5.56 Å². The van der Waals surface area contributed by atoms with Gasteiger partial charge in [-0.25, -0.2) is 0 Å². The van der Waals surface area contributed by atoms with E-state index in [9.17, 15) is 0 Å². The molecule has 0 N–H and O–H groups in total. The maximum absolute atomic E-state index is 6.67. The average Bonchev–Trinajstić information content (AvgIpc) is 3.96. The summed E-state index contributed by atoms with van der Waals surface area (Å²) < 4.78 is 6.67. The molecule has 0 unspecified atom stereocenters. The standard InChI is InChI=1S/C76H51N3O/c1-50-25-39-69-70-41-44-79-75(76(70)80-74(69)45-50)58-38-40-68(71(49-58)55-28-26-52(27-29-55)51-15-3-2-4-16-51)67-22-10-9-21-66(67)61-47-59(64-19-7-5-17-62(64)53-30-34-56(35-31-53)72-23-11-13-42-77-72)46-60(48-61)65-20-8-6-18-63(65)54-32-36-57(37-33-54)73-24-12-14-43-78-73/h2-49H,1H3. The van der Waals surface area contributed by atoms with E-state index in [-0.39, 0.29) is 0 Å². The zero-order valence-corrected chi connectivity index (χ0v) is 44.0. The lowest BCUT2D eigenvalue weighted by Gasteiger charge is -2.19. The Bertz CT molecular complexity index is 4400. The molecule has 80 heavy (non-hydrogen) atoms. The predicted molar refractivity (Wildman–Crippen MR) is 332 cm³/mol. The first-order valence-corrected chi connectivity index (χ1v) is 27.1. The van der Waals surface area contributed by atoms with Gasteiger partial charge in [-0.05, 0) is 162 Å². The van der Waals surface area contributed by atoms with Crippen LogP contribution in [-0.2, 0) is 0 Å². The quantitative estimate of drug-likeness (QED) is 0.130. The third-order valence-corrected chi connectivity index (χ3v) is 15.4. The fourth-order valence-electron chi connectivity index (χ4n) is 11.4. The van der Waals surface area contributed by atoms with Crippen LogP contribution in [0.4, 0.5) is 0 Å². The summed E-state index contributed by atoms with van der Waals surface area (Å²) in [4.78, 5) is 14.3. The van der Waals surface area contributed by atoms with E-state index in [1.807, 2.05) is 42.9 Å². The molecule has 376 valence electrons. The number of hydrogen-bond donors (Lipinski definition) is 0. The van der Waals surface area contributed by atoms with Gasteiger partial charge in [0, 0.05) is 46.1 Å². The Balaban J connectivity index is 0.953. The molecule has 14 rings (SSSR count). The van der Waals surface area contributed by atoms with Crippen LogP contribution < -0.4 is 0 Å². The van der Waals surface area contributed by atoms with Crippen molar-refractivity contribution in [1.29, 1.82) is 0 Å². The first kappa shape index (κ1) is 47.9. The average molecular weight is 1020 g/mol. The first-order valence-electron chi connectivity index (χ1n) is 27.1. The van der Waals surface area contributed by atoms with Crippen LogP contribution in [0.25, 0.3) is 145 Å². The molecule has 4 aromatic heterocycles. The minimum absolute atomic E-state index is 0.782. The monoisotopic (exact) mass is 1020 g/mol. The molecule has 0 aliphatic carbocycles. The molecule has 0 spiro atoms. The van der Waals surface area contributed by atoms with Crippen molar-refractivity contribution in [2.75, 3.05) is 0 Å². The van der Waals surface area contributed by atoms with Gasteiger partial charge in [-0.15, -0.1) is 0 Å². The second-order valence-corrected chi connectivity index (χ2v) is 20.4. The van der Waals surface area contributed by atoms with Gasteiger partial charge in [0.05, 0.1) is 11.4 Å². The molecular formula is C76H51N3O. The second-order valence-electron chi connectivity index (χ2n) is 20.4. The maximum atomic E-state index is 6.67. The van der Waals surface area contributed by atoms with Gasteiger partial charge in [-0.3, -0.25) is 15.0 Å². The van der Waals surface area contributed by atoms with Crippen LogP contribution in [-0.4, -0.2) is 15.0 Å². The minimum Gasteiger partial charge on any atom is -0.454 e. The number of fused-ring (bicyclic) bond motifs is 3. The van der Waals surface area contributed by atoms with E-state index in [4.69, 9.17) is 9.40 Å². The Labute approximate surface area is 465 Å². The van der Waals surface area contributed by atoms with Crippen LogP contribution in [0, 0.1) is 6.92 Å². The van der Waals surface area contributed by atoms with Gasteiger partial charge in [-0.1, -0.05) is 212 Å². The van der Waals surface area contributed by atoms with Gasteiger partial charge in [0.1, 0.15) is 11.3 Å². The zero-order valence-electron chi connectivity index (χ0n) is 44.0. The lowest BCUT2D eigenvalue weighted by molar-refractivity contribution is 0.668. The fourth-order valence-corrected chi connectivity index (χ4v) is 11.4. The van der Waals surface area contributed by atoms with Gasteiger partial charge in [0.15, 0.2) is 5.58 Å². The maximum Gasteiger partial charge on any atom is 0.161 e. The molecule has 0 bridgehead atoms. The molecule has 0 saturated heterocycles. The van der Waals surface area contributed by atoms with Crippen molar-refractivity contribution in [2.45, 2.75) is 6.92 Å². The van der Waals surface area contributed by atoms with Crippen molar-refractivity contribution in [2.24, 2.45) is 0 Å². The molecule has 0 fully saturated rings. The molecule has 0 aliphatic heterocycles. The first-order chi connectivity index (χ1) is 39.6. The Morgan fingerprint density at radius 1 is 0.250 bits per heavy atom. The van der Waals surface area contributed by atoms with Crippen LogP contribution in [0.5, 0.6) is 0 Å². The summed E-state index contributed by atoms with van der Waals surface area (Å²) in [5.41, 5.74) is 26.7. The molecule has 4 heterocycles. The van der Waals surface area contributed by atoms with Crippen LogP contribution >= 0.6 is 0 Å². The molecule has 4 heteroatoms. The number of rotatable bonds is 11.